The van der Waals surface area contributed by atoms with Gasteiger partial charge in [0.05, 0.1) is 6.54 Å². The number of carbonyl (C=O) groups excluding carboxylic acids is 2. The highest BCUT2D eigenvalue weighted by atomic mass is 32.1. The molecule has 1 aromatic carbocycles. The molecule has 0 saturated carbocycles. The summed E-state index contributed by atoms with van der Waals surface area (Å²) in [5.41, 5.74) is 7.30. The van der Waals surface area contributed by atoms with Gasteiger partial charge < -0.3 is 15.5 Å². The van der Waals surface area contributed by atoms with Gasteiger partial charge >= 0.3 is 0 Å². The van der Waals surface area contributed by atoms with E-state index in [0.29, 0.717) is 18.1 Å². The van der Waals surface area contributed by atoms with E-state index < -0.39 is 0 Å². The number of carbonyl (C=O) groups is 2. The summed E-state index contributed by atoms with van der Waals surface area (Å²) < 4.78 is 0. The zero-order valence-corrected chi connectivity index (χ0v) is 12.9. The van der Waals surface area contributed by atoms with Crippen LogP contribution >= 0.6 is 12.2 Å². The second-order valence-corrected chi connectivity index (χ2v) is 5.57. The van der Waals surface area contributed by atoms with Gasteiger partial charge in [0.1, 0.15) is 11.5 Å². The van der Waals surface area contributed by atoms with Crippen LogP contribution in [0.25, 0.3) is 0 Å². The van der Waals surface area contributed by atoms with Crippen molar-refractivity contribution in [3.05, 3.63) is 35.4 Å². The normalized spacial score (nSPS) is 15.5. The fraction of sp³-hybridized carbons (Fsp3) is 0.400. The van der Waals surface area contributed by atoms with E-state index in [9.17, 15) is 9.59 Å². The van der Waals surface area contributed by atoms with Gasteiger partial charge in [0.15, 0.2) is 0 Å². The molecule has 0 radical (unpaired) electrons. The molecule has 2 amide bonds. The predicted molar refractivity (Wildman–Crippen MR) is 84.6 cm³/mol. The number of rotatable bonds is 5. The molecule has 1 aliphatic rings. The van der Waals surface area contributed by atoms with Crippen molar-refractivity contribution < 1.29 is 9.59 Å². The summed E-state index contributed by atoms with van der Waals surface area (Å²) in [4.78, 5) is 27.6. The average molecular weight is 305 g/mol. The lowest BCUT2D eigenvalue weighted by Crippen LogP contribution is -2.53. The van der Waals surface area contributed by atoms with Gasteiger partial charge in [-0.1, -0.05) is 37.3 Å². The minimum absolute atomic E-state index is 0.00181. The molecule has 5 nitrogen and oxygen atoms in total. The minimum Gasteiger partial charge on any atom is -0.389 e. The molecule has 6 heteroatoms. The van der Waals surface area contributed by atoms with Crippen molar-refractivity contribution >= 4 is 29.0 Å². The molecule has 1 heterocycles. The number of benzene rings is 1. The van der Waals surface area contributed by atoms with E-state index in [1.807, 2.05) is 31.2 Å². The van der Waals surface area contributed by atoms with Gasteiger partial charge in [-0.05, 0) is 18.1 Å². The van der Waals surface area contributed by atoms with Crippen LogP contribution in [0.5, 0.6) is 0 Å². The van der Waals surface area contributed by atoms with Crippen LogP contribution in [0.3, 0.4) is 0 Å². The summed E-state index contributed by atoms with van der Waals surface area (Å²) in [5, 5.41) is 0. The van der Waals surface area contributed by atoms with E-state index in [4.69, 9.17) is 18.0 Å². The van der Waals surface area contributed by atoms with Gasteiger partial charge in [0, 0.05) is 18.7 Å². The van der Waals surface area contributed by atoms with E-state index in [2.05, 4.69) is 0 Å². The van der Waals surface area contributed by atoms with Crippen molar-refractivity contribution in [3.8, 4) is 0 Å². The zero-order chi connectivity index (χ0) is 15.4. The molecule has 21 heavy (non-hydrogen) atoms. The number of amides is 2. The molecule has 0 aliphatic carbocycles. The highest BCUT2D eigenvalue weighted by Gasteiger charge is 2.29. The lowest BCUT2D eigenvalue weighted by atomic mass is 10.1. The van der Waals surface area contributed by atoms with Crippen LogP contribution in [0.4, 0.5) is 0 Å². The Morgan fingerprint density at radius 1 is 1.24 bits per heavy atom. The van der Waals surface area contributed by atoms with Crippen molar-refractivity contribution in [2.24, 2.45) is 5.73 Å². The van der Waals surface area contributed by atoms with Gasteiger partial charge in [-0.25, -0.2) is 0 Å². The number of thiocarbonyl (C=S) groups is 1. The summed E-state index contributed by atoms with van der Waals surface area (Å²) in [7, 11) is 0. The summed E-state index contributed by atoms with van der Waals surface area (Å²) >= 11 is 4.95. The van der Waals surface area contributed by atoms with E-state index in [1.165, 1.54) is 0 Å². The molecule has 0 atom stereocenters. The SMILES string of the molecule is CCCN1CC(=O)N(Cc2cccc(C(N)=S)c2)CC1=O. The van der Waals surface area contributed by atoms with Crippen molar-refractivity contribution in [2.45, 2.75) is 19.9 Å². The Morgan fingerprint density at radius 2 is 1.90 bits per heavy atom. The lowest BCUT2D eigenvalue weighted by molar-refractivity contribution is -0.150. The molecule has 1 saturated heterocycles. The van der Waals surface area contributed by atoms with Gasteiger partial charge in [-0.3, -0.25) is 9.59 Å². The maximum absolute atomic E-state index is 12.1. The van der Waals surface area contributed by atoms with Crippen LogP contribution in [-0.4, -0.2) is 46.2 Å². The van der Waals surface area contributed by atoms with Crippen molar-refractivity contribution in [1.82, 2.24) is 9.80 Å². The predicted octanol–water partition coefficient (Wildman–Crippen LogP) is 0.902. The Labute approximate surface area is 129 Å². The van der Waals surface area contributed by atoms with Crippen molar-refractivity contribution in [1.29, 1.82) is 0 Å². The van der Waals surface area contributed by atoms with Crippen LogP contribution in [0.15, 0.2) is 24.3 Å². The molecule has 0 unspecified atom stereocenters. The highest BCUT2D eigenvalue weighted by Crippen LogP contribution is 2.12. The van der Waals surface area contributed by atoms with Crippen LogP contribution in [0.1, 0.15) is 24.5 Å². The minimum atomic E-state index is -0.0243. The zero-order valence-electron chi connectivity index (χ0n) is 12.0. The third-order valence-corrected chi connectivity index (χ3v) is 3.67. The van der Waals surface area contributed by atoms with E-state index >= 15 is 0 Å². The van der Waals surface area contributed by atoms with Crippen LogP contribution in [0, 0.1) is 0 Å². The third kappa shape index (κ3) is 3.78. The molecule has 2 rings (SSSR count). The summed E-state index contributed by atoms with van der Waals surface area (Å²) in [5.74, 6) is -0.0225. The van der Waals surface area contributed by atoms with E-state index in [0.717, 1.165) is 17.5 Å². The second kappa shape index (κ2) is 6.67. The third-order valence-electron chi connectivity index (χ3n) is 3.44. The summed E-state index contributed by atoms with van der Waals surface area (Å²) in [6.07, 6.45) is 0.856. The monoisotopic (exact) mass is 305 g/mol. The van der Waals surface area contributed by atoms with Crippen LogP contribution < -0.4 is 5.73 Å². The first-order valence-corrected chi connectivity index (χ1v) is 7.36. The number of nitrogens with zero attached hydrogens (tertiary/aromatic N) is 2. The smallest absolute Gasteiger partial charge is 0.242 e. The van der Waals surface area contributed by atoms with Crippen LogP contribution in [-0.2, 0) is 16.1 Å². The van der Waals surface area contributed by atoms with Gasteiger partial charge in [0.25, 0.3) is 0 Å². The van der Waals surface area contributed by atoms with Crippen molar-refractivity contribution in [3.63, 3.8) is 0 Å². The standard InChI is InChI=1S/C15H19N3O2S/c1-2-6-17-9-14(20)18(10-13(17)19)8-11-4-3-5-12(7-11)15(16)21/h3-5,7H,2,6,8-10H2,1H3,(H2,16,21). The van der Waals surface area contributed by atoms with Crippen LogP contribution in [0.2, 0.25) is 0 Å². The molecular formula is C15H19N3O2S. The first kappa shape index (κ1) is 15.4. The second-order valence-electron chi connectivity index (χ2n) is 5.13. The Kier molecular flexibility index (Phi) is 4.90. The molecular weight excluding hydrogens is 286 g/mol. The van der Waals surface area contributed by atoms with Gasteiger partial charge in [0.2, 0.25) is 11.8 Å². The molecule has 1 fully saturated rings. The summed E-state index contributed by atoms with van der Waals surface area (Å²) in [6, 6.07) is 7.44. The Bertz CT molecular complexity index is 574. The first-order chi connectivity index (χ1) is 10.0. The number of piperazine rings is 1. The van der Waals surface area contributed by atoms with Gasteiger partial charge in [-0.15, -0.1) is 0 Å². The fourth-order valence-corrected chi connectivity index (χ4v) is 2.49. The Morgan fingerprint density at radius 3 is 2.57 bits per heavy atom. The fourth-order valence-electron chi connectivity index (χ4n) is 2.36. The Hall–Kier alpha value is -1.95. The number of hydrogen-bond donors (Lipinski definition) is 1. The van der Waals surface area contributed by atoms with E-state index in [-0.39, 0.29) is 24.9 Å². The molecule has 1 aromatic rings. The maximum atomic E-state index is 12.1. The van der Waals surface area contributed by atoms with E-state index in [1.54, 1.807) is 9.80 Å². The first-order valence-electron chi connectivity index (χ1n) is 6.95. The number of nitrogens with two attached hydrogens (primary N) is 1. The average Bonchev–Trinajstić information content (AvgIpc) is 2.45. The number of hydrogen-bond acceptors (Lipinski definition) is 3. The maximum Gasteiger partial charge on any atom is 0.242 e. The highest BCUT2D eigenvalue weighted by molar-refractivity contribution is 7.80. The Balaban J connectivity index is 2.06. The molecule has 2 N–H and O–H groups in total. The lowest BCUT2D eigenvalue weighted by Gasteiger charge is -2.33. The molecule has 0 bridgehead atoms. The molecule has 0 spiro atoms. The van der Waals surface area contributed by atoms with Gasteiger partial charge in [-0.2, -0.15) is 0 Å². The molecule has 1 aliphatic heterocycles. The topological polar surface area (TPSA) is 66.6 Å². The molecule has 112 valence electrons. The van der Waals surface area contributed by atoms with Crippen molar-refractivity contribution in [2.75, 3.05) is 19.6 Å². The molecule has 0 aromatic heterocycles. The summed E-state index contributed by atoms with van der Waals surface area (Å²) in [6.45, 7) is 3.33. The quantitative estimate of drug-likeness (QED) is 0.821. The largest absolute Gasteiger partial charge is 0.389 e.